The fourth-order valence-electron chi connectivity index (χ4n) is 4.68. The smallest absolute Gasteiger partial charge is 0.283 e. The highest BCUT2D eigenvalue weighted by atomic mass is 32.2. The number of hydrazone groups is 1. The maximum absolute atomic E-state index is 12.9. The number of amides is 1. The summed E-state index contributed by atoms with van der Waals surface area (Å²) in [5, 5.41) is 18.4. The summed E-state index contributed by atoms with van der Waals surface area (Å²) >= 11 is 1.35. The zero-order chi connectivity index (χ0) is 24.8. The Balaban J connectivity index is 1.33. The molecule has 0 saturated carbocycles. The lowest BCUT2D eigenvalue weighted by Crippen LogP contribution is -2.35. The fraction of sp³-hybridized carbons (Fsp3) is 0.103. The molecule has 0 saturated heterocycles. The van der Waals surface area contributed by atoms with Crippen molar-refractivity contribution in [2.75, 3.05) is 0 Å². The Kier molecular flexibility index (Phi) is 5.42. The summed E-state index contributed by atoms with van der Waals surface area (Å²) in [6, 6.07) is 26.7. The van der Waals surface area contributed by atoms with Gasteiger partial charge in [0.1, 0.15) is 5.04 Å². The van der Waals surface area contributed by atoms with Crippen LogP contribution in [0.2, 0.25) is 0 Å². The number of fused-ring (bicyclic) bond motifs is 2. The monoisotopic (exact) mass is 489 g/mol. The number of carbonyl (C=O) groups excluding carboxylic acids is 1. The molecule has 176 valence electrons. The molecule has 2 aliphatic rings. The highest BCUT2D eigenvalue weighted by Crippen LogP contribution is 2.31. The van der Waals surface area contributed by atoms with E-state index in [0.717, 1.165) is 33.2 Å². The minimum Gasteiger partial charge on any atom is -0.318 e. The molecule has 3 heterocycles. The SMILES string of the molecule is Cc1cc(/C=C2/C(=N)N3N=C(Cc4ccccc4)SC3=NC2=O)c(C)n1-c1ccc2ccccc2c1. The summed E-state index contributed by atoms with van der Waals surface area (Å²) in [4.78, 5) is 17.2. The van der Waals surface area contributed by atoms with Gasteiger partial charge in [-0.05, 0) is 71.8 Å². The Morgan fingerprint density at radius 2 is 1.69 bits per heavy atom. The van der Waals surface area contributed by atoms with E-state index in [2.05, 4.69) is 45.0 Å². The van der Waals surface area contributed by atoms with Crippen LogP contribution in [0, 0.1) is 19.3 Å². The molecule has 0 spiro atoms. The number of hydrogen-bond acceptors (Lipinski definition) is 4. The minimum atomic E-state index is -0.412. The van der Waals surface area contributed by atoms with Gasteiger partial charge in [-0.15, -0.1) is 0 Å². The van der Waals surface area contributed by atoms with Crippen LogP contribution in [0.3, 0.4) is 0 Å². The normalized spacial score (nSPS) is 16.5. The quantitative estimate of drug-likeness (QED) is 0.352. The van der Waals surface area contributed by atoms with Crippen LogP contribution in [0.1, 0.15) is 22.5 Å². The van der Waals surface area contributed by atoms with Gasteiger partial charge in [0, 0.05) is 23.5 Å². The van der Waals surface area contributed by atoms with Crippen LogP contribution >= 0.6 is 11.8 Å². The maximum atomic E-state index is 12.9. The van der Waals surface area contributed by atoms with Crippen LogP contribution in [0.15, 0.2) is 94.5 Å². The van der Waals surface area contributed by atoms with E-state index in [0.29, 0.717) is 11.6 Å². The van der Waals surface area contributed by atoms with Crippen molar-refractivity contribution in [3.05, 3.63) is 107 Å². The van der Waals surface area contributed by atoms with Crippen molar-refractivity contribution in [1.29, 1.82) is 5.41 Å². The second kappa shape index (κ2) is 8.77. The van der Waals surface area contributed by atoms with E-state index in [1.165, 1.54) is 27.5 Å². The second-order valence-electron chi connectivity index (χ2n) is 8.87. The van der Waals surface area contributed by atoms with Crippen molar-refractivity contribution in [3.63, 3.8) is 0 Å². The molecule has 0 aliphatic carbocycles. The number of hydrogen-bond donors (Lipinski definition) is 1. The van der Waals surface area contributed by atoms with Gasteiger partial charge in [0.25, 0.3) is 5.91 Å². The highest BCUT2D eigenvalue weighted by Gasteiger charge is 2.35. The minimum absolute atomic E-state index is 0.0519. The van der Waals surface area contributed by atoms with Crippen molar-refractivity contribution < 1.29 is 4.79 Å². The van der Waals surface area contributed by atoms with Crippen molar-refractivity contribution in [3.8, 4) is 5.69 Å². The lowest BCUT2D eigenvalue weighted by atomic mass is 10.1. The van der Waals surface area contributed by atoms with E-state index in [9.17, 15) is 4.79 Å². The number of amidine groups is 2. The molecule has 0 bridgehead atoms. The molecule has 6 rings (SSSR count). The van der Waals surface area contributed by atoms with E-state index < -0.39 is 5.91 Å². The van der Waals surface area contributed by atoms with Crippen molar-refractivity contribution >= 4 is 50.6 Å². The lowest BCUT2D eigenvalue weighted by Gasteiger charge is -2.20. The molecule has 0 radical (unpaired) electrons. The molecule has 3 aromatic carbocycles. The van der Waals surface area contributed by atoms with Crippen LogP contribution in [-0.2, 0) is 11.2 Å². The van der Waals surface area contributed by atoms with Gasteiger partial charge in [0.2, 0.25) is 5.17 Å². The zero-order valence-electron chi connectivity index (χ0n) is 19.9. The standard InChI is InChI=1S/C29H23N5OS/c1-18-14-23(19(2)33(18)24-13-12-21-10-6-7-11-22(21)16-24)17-25-27(30)34-29(31-28(25)35)36-26(32-34)15-20-8-4-3-5-9-20/h3-14,16-17,30H,15H2,1-2H3/b25-17-,30-27?. The fourth-order valence-corrected chi connectivity index (χ4v) is 5.60. The Labute approximate surface area is 213 Å². The summed E-state index contributed by atoms with van der Waals surface area (Å²) in [7, 11) is 0. The number of rotatable bonds is 4. The van der Waals surface area contributed by atoms with Crippen molar-refractivity contribution in [1.82, 2.24) is 9.58 Å². The molecule has 7 heteroatoms. The van der Waals surface area contributed by atoms with Crippen LogP contribution in [0.4, 0.5) is 0 Å². The molecule has 36 heavy (non-hydrogen) atoms. The van der Waals surface area contributed by atoms with Crippen molar-refractivity contribution in [2.45, 2.75) is 20.3 Å². The molecular weight excluding hydrogens is 466 g/mol. The first-order valence-corrected chi connectivity index (χ1v) is 12.5. The van der Waals surface area contributed by atoms with Crippen LogP contribution < -0.4 is 0 Å². The molecule has 4 aromatic rings. The van der Waals surface area contributed by atoms with Gasteiger partial charge < -0.3 is 4.57 Å². The molecule has 1 N–H and O–H groups in total. The third-order valence-electron chi connectivity index (χ3n) is 6.46. The molecule has 6 nitrogen and oxygen atoms in total. The third kappa shape index (κ3) is 3.87. The lowest BCUT2D eigenvalue weighted by molar-refractivity contribution is -0.114. The van der Waals surface area contributed by atoms with Crippen LogP contribution in [-0.4, -0.2) is 31.5 Å². The van der Waals surface area contributed by atoms with Gasteiger partial charge in [-0.2, -0.15) is 15.1 Å². The topological polar surface area (TPSA) is 73.8 Å². The average molecular weight is 490 g/mol. The average Bonchev–Trinajstić information content (AvgIpc) is 3.41. The Morgan fingerprint density at radius 1 is 0.944 bits per heavy atom. The molecule has 0 unspecified atom stereocenters. The highest BCUT2D eigenvalue weighted by molar-refractivity contribution is 8.26. The molecule has 1 aromatic heterocycles. The van der Waals surface area contributed by atoms with Gasteiger partial charge in [-0.25, -0.2) is 0 Å². The third-order valence-corrected chi connectivity index (χ3v) is 7.36. The van der Waals surface area contributed by atoms with E-state index in [4.69, 9.17) is 5.41 Å². The molecule has 0 atom stereocenters. The number of nitrogens with zero attached hydrogens (tertiary/aromatic N) is 4. The Bertz CT molecular complexity index is 1640. The Morgan fingerprint density at radius 3 is 2.50 bits per heavy atom. The van der Waals surface area contributed by atoms with E-state index >= 15 is 0 Å². The predicted octanol–water partition coefficient (Wildman–Crippen LogP) is 6.11. The first-order valence-electron chi connectivity index (χ1n) is 11.7. The summed E-state index contributed by atoms with van der Waals surface area (Å²) in [6.07, 6.45) is 2.40. The number of benzene rings is 3. The molecular formula is C29H23N5OS. The van der Waals surface area contributed by atoms with Crippen LogP contribution in [0.5, 0.6) is 0 Å². The number of carbonyl (C=O) groups is 1. The largest absolute Gasteiger partial charge is 0.318 e. The predicted molar refractivity (Wildman–Crippen MR) is 148 cm³/mol. The molecule has 0 fully saturated rings. The molecule has 1 amide bonds. The second-order valence-corrected chi connectivity index (χ2v) is 9.91. The van der Waals surface area contributed by atoms with E-state index in [1.54, 1.807) is 6.08 Å². The number of aliphatic imine (C=N–C) groups is 1. The number of aromatic nitrogens is 1. The summed E-state index contributed by atoms with van der Waals surface area (Å²) in [6.45, 7) is 4.08. The Hall–Kier alpha value is -4.23. The van der Waals surface area contributed by atoms with Crippen molar-refractivity contribution in [2.24, 2.45) is 10.1 Å². The summed E-state index contributed by atoms with van der Waals surface area (Å²) < 4.78 is 2.17. The number of aryl methyl sites for hydroxylation is 1. The zero-order valence-corrected chi connectivity index (χ0v) is 20.7. The van der Waals surface area contributed by atoms with Gasteiger partial charge in [0.05, 0.1) is 5.57 Å². The number of nitrogens with one attached hydrogen (secondary N) is 1. The summed E-state index contributed by atoms with van der Waals surface area (Å²) in [5.41, 5.74) is 5.35. The first-order chi connectivity index (χ1) is 17.5. The molecule has 2 aliphatic heterocycles. The first kappa shape index (κ1) is 22.2. The van der Waals surface area contributed by atoms with E-state index in [1.807, 2.05) is 62.4 Å². The van der Waals surface area contributed by atoms with Gasteiger partial charge >= 0.3 is 0 Å². The van der Waals surface area contributed by atoms with Gasteiger partial charge in [0.15, 0.2) is 5.84 Å². The number of thioether (sulfide) groups is 1. The van der Waals surface area contributed by atoms with Gasteiger partial charge in [-0.1, -0.05) is 60.7 Å². The van der Waals surface area contributed by atoms with Crippen LogP contribution in [0.25, 0.3) is 22.5 Å². The van der Waals surface area contributed by atoms with Gasteiger partial charge in [-0.3, -0.25) is 10.2 Å². The maximum Gasteiger partial charge on any atom is 0.283 e. The van der Waals surface area contributed by atoms with E-state index in [-0.39, 0.29) is 11.4 Å². The summed E-state index contributed by atoms with van der Waals surface area (Å²) in [5.74, 6) is -0.360.